The van der Waals surface area contributed by atoms with Gasteiger partial charge in [0.05, 0.1) is 40.3 Å². The number of carboxylic acids is 1. The number of carboxylic acid groups (broad SMARTS) is 1. The van der Waals surface area contributed by atoms with E-state index in [4.69, 9.17) is 18.9 Å². The van der Waals surface area contributed by atoms with Crippen molar-refractivity contribution in [3.63, 3.8) is 0 Å². The second-order valence-corrected chi connectivity index (χ2v) is 23.0. The van der Waals surface area contributed by atoms with Crippen LogP contribution < -0.4 is 5.11 Å². The van der Waals surface area contributed by atoms with Crippen molar-refractivity contribution in [2.75, 3.05) is 47.5 Å². The molecule has 0 fully saturated rings. The predicted octanol–water partition coefficient (Wildman–Crippen LogP) is 19.6. The number of rotatable bonds is 60. The number of ether oxygens (including phenoxy) is 4. The molecule has 0 rings (SSSR count). The highest BCUT2D eigenvalue weighted by Crippen LogP contribution is 2.16. The smallest absolute Gasteiger partial charge is 0.306 e. The summed E-state index contributed by atoms with van der Waals surface area (Å²) < 4.78 is 22.7. The maximum Gasteiger partial charge on any atom is 0.306 e. The fraction of sp³-hybridized carbons (Fsp3) is 0.618. The monoisotopic (exact) mass is 1180 g/mol. The zero-order valence-electron chi connectivity index (χ0n) is 54.7. The highest BCUT2D eigenvalue weighted by Gasteiger charge is 2.22. The van der Waals surface area contributed by atoms with Crippen LogP contribution in [0.25, 0.3) is 0 Å². The fourth-order valence-corrected chi connectivity index (χ4v) is 8.70. The molecular weight excluding hydrogens is 1050 g/mol. The van der Waals surface area contributed by atoms with Gasteiger partial charge in [-0.1, -0.05) is 268 Å². The number of carbonyl (C=O) groups is 3. The summed E-state index contributed by atoms with van der Waals surface area (Å²) in [6, 6.07) is 0. The average Bonchev–Trinajstić information content (AvgIpc) is 3.49. The normalized spacial score (nSPS) is 13.8. The molecule has 0 aliphatic carbocycles. The van der Waals surface area contributed by atoms with Crippen molar-refractivity contribution in [3.8, 4) is 0 Å². The highest BCUT2D eigenvalue weighted by atomic mass is 16.7. The number of hydrogen-bond acceptors (Lipinski definition) is 8. The lowest BCUT2D eigenvalue weighted by Crippen LogP contribution is -2.44. The van der Waals surface area contributed by atoms with Gasteiger partial charge in [0.2, 0.25) is 0 Å². The molecule has 85 heavy (non-hydrogen) atoms. The molecule has 2 unspecified atom stereocenters. The van der Waals surface area contributed by atoms with Gasteiger partial charge in [-0.05, 0) is 122 Å². The summed E-state index contributed by atoms with van der Waals surface area (Å²) in [6.45, 7) is 4.48. The predicted molar refractivity (Wildman–Crippen MR) is 361 cm³/mol. The number of hydrogen-bond donors (Lipinski definition) is 0. The molecule has 0 aliphatic rings. The zero-order valence-corrected chi connectivity index (χ0v) is 54.7. The molecule has 0 aliphatic heterocycles. The molecule has 9 heteroatoms. The third kappa shape index (κ3) is 66.3. The van der Waals surface area contributed by atoms with Crippen molar-refractivity contribution in [3.05, 3.63) is 158 Å². The number of carbonyl (C=O) groups excluding carboxylic acids is 3. The molecule has 0 saturated heterocycles. The van der Waals surface area contributed by atoms with Crippen molar-refractivity contribution < 1.29 is 42.9 Å². The van der Waals surface area contributed by atoms with Gasteiger partial charge in [-0.2, -0.15) is 0 Å². The van der Waals surface area contributed by atoms with E-state index in [0.717, 1.165) is 135 Å². The van der Waals surface area contributed by atoms with Gasteiger partial charge in [0.25, 0.3) is 0 Å². The van der Waals surface area contributed by atoms with Crippen LogP contribution in [0, 0.1) is 0 Å². The van der Waals surface area contributed by atoms with Gasteiger partial charge in [0.15, 0.2) is 12.4 Å². The standard InChI is InChI=1S/C76H123NO8/c1-6-8-10-12-14-16-18-20-22-24-26-28-29-30-31-32-33-34-35-36-37-38-39-40-41-42-43-44-45-47-49-51-53-55-57-59-61-63-65-67-74(79)85-72(71-84-76(75(80)81)82-69-68-77(3,4)5)70-83-73(78)66-64-62-60-58-56-54-52-50-48-46-27-25-23-21-19-17-15-13-11-9-7-2/h8-11,14-17,20-23,26-28,30-31,33-34,36-37,39-40,46,50,52,72,76H,6-7,12-13,18-19,24-25,29,32,35,38,41-45,47-49,51,53-71H2,1-5H3/b10-8-,11-9-,16-14-,17-15-,22-20-,23-21-,28-26-,31-30-,34-33-,37-36-,40-39-,46-27-,52-50-. The molecule has 2 atom stereocenters. The van der Waals surface area contributed by atoms with Crippen molar-refractivity contribution in [1.82, 2.24) is 0 Å². The summed E-state index contributed by atoms with van der Waals surface area (Å²) in [6.07, 6.45) is 93.1. The Morgan fingerprint density at radius 1 is 0.353 bits per heavy atom. The van der Waals surface area contributed by atoms with Gasteiger partial charge in [0.1, 0.15) is 13.2 Å². The van der Waals surface area contributed by atoms with Gasteiger partial charge >= 0.3 is 11.9 Å². The summed E-state index contributed by atoms with van der Waals surface area (Å²) in [4.78, 5) is 37.4. The van der Waals surface area contributed by atoms with Gasteiger partial charge < -0.3 is 33.3 Å². The number of quaternary nitrogens is 1. The first-order valence-electron chi connectivity index (χ1n) is 33.6. The quantitative estimate of drug-likeness (QED) is 0.0195. The SMILES string of the molecule is CC/C=C\C/C=C\C/C=C\C/C=C\C/C=C\C/C=C\C/C=C\C/C=C\CCCCCCCCCCCCCCCCC(=O)OC(COC(=O)CCCCCCC/C=C\C/C=C\C/C=C\C/C=C\C/C=C\CC)COC(OCC[N+](C)(C)C)C(=O)[O-]. The maximum atomic E-state index is 12.9. The third-order valence-corrected chi connectivity index (χ3v) is 13.8. The lowest BCUT2D eigenvalue weighted by molar-refractivity contribution is -0.870. The highest BCUT2D eigenvalue weighted by molar-refractivity contribution is 5.70. The lowest BCUT2D eigenvalue weighted by Gasteiger charge is -2.26. The summed E-state index contributed by atoms with van der Waals surface area (Å²) in [5.41, 5.74) is 0. The zero-order chi connectivity index (χ0) is 61.9. The van der Waals surface area contributed by atoms with E-state index >= 15 is 0 Å². The van der Waals surface area contributed by atoms with Gasteiger partial charge in [-0.25, -0.2) is 0 Å². The molecular formula is C76H123NO8. The number of aliphatic carboxylic acids is 1. The van der Waals surface area contributed by atoms with E-state index in [9.17, 15) is 19.5 Å². The molecule has 0 N–H and O–H groups in total. The van der Waals surface area contributed by atoms with E-state index in [1.807, 2.05) is 21.1 Å². The van der Waals surface area contributed by atoms with Crippen LogP contribution in [0.3, 0.4) is 0 Å². The topological polar surface area (TPSA) is 111 Å². The number of unbranched alkanes of at least 4 members (excludes halogenated alkanes) is 19. The van der Waals surface area contributed by atoms with Crippen LogP contribution in [-0.4, -0.2) is 82.3 Å². The van der Waals surface area contributed by atoms with Crippen molar-refractivity contribution in [1.29, 1.82) is 0 Å². The van der Waals surface area contributed by atoms with E-state index in [-0.39, 0.29) is 38.6 Å². The molecule has 0 spiro atoms. The Morgan fingerprint density at radius 2 is 0.635 bits per heavy atom. The summed E-state index contributed by atoms with van der Waals surface area (Å²) in [7, 11) is 5.91. The van der Waals surface area contributed by atoms with Crippen LogP contribution in [-0.2, 0) is 33.3 Å². The number of allylic oxidation sites excluding steroid dienone is 26. The second-order valence-electron chi connectivity index (χ2n) is 23.0. The fourth-order valence-electron chi connectivity index (χ4n) is 8.70. The molecule has 0 aromatic rings. The minimum absolute atomic E-state index is 0.137. The molecule has 0 amide bonds. The summed E-state index contributed by atoms with van der Waals surface area (Å²) in [5, 5.41) is 11.8. The van der Waals surface area contributed by atoms with Gasteiger partial charge in [-0.15, -0.1) is 0 Å². The maximum absolute atomic E-state index is 12.9. The Labute approximate surface area is 521 Å². The van der Waals surface area contributed by atoms with E-state index in [2.05, 4.69) is 172 Å². The Kier molecular flexibility index (Phi) is 61.0. The van der Waals surface area contributed by atoms with Crippen LogP contribution in [0.1, 0.15) is 245 Å². The van der Waals surface area contributed by atoms with Crippen molar-refractivity contribution in [2.45, 2.75) is 257 Å². The van der Waals surface area contributed by atoms with Crippen molar-refractivity contribution in [2.24, 2.45) is 0 Å². The van der Waals surface area contributed by atoms with Crippen LogP contribution in [0.5, 0.6) is 0 Å². The molecule has 0 aromatic heterocycles. The summed E-state index contributed by atoms with van der Waals surface area (Å²) in [5.74, 6) is -2.32. The number of likely N-dealkylation sites (N-methyl/N-ethyl adjacent to an activating group) is 1. The molecule has 0 aromatic carbocycles. The third-order valence-electron chi connectivity index (χ3n) is 13.8. The van der Waals surface area contributed by atoms with Crippen molar-refractivity contribution >= 4 is 17.9 Å². The second kappa shape index (κ2) is 64.9. The summed E-state index contributed by atoms with van der Waals surface area (Å²) >= 11 is 0. The minimum atomic E-state index is -1.64. The van der Waals surface area contributed by atoms with E-state index in [1.54, 1.807) is 0 Å². The van der Waals surface area contributed by atoms with Crippen LogP contribution >= 0.6 is 0 Å². The molecule has 0 bridgehead atoms. The molecule has 0 radical (unpaired) electrons. The Bertz CT molecular complexity index is 1950. The minimum Gasteiger partial charge on any atom is -0.545 e. The number of nitrogens with zero attached hydrogens (tertiary/aromatic N) is 1. The Morgan fingerprint density at radius 3 is 0.941 bits per heavy atom. The molecule has 480 valence electrons. The molecule has 0 heterocycles. The first-order valence-corrected chi connectivity index (χ1v) is 33.6. The Balaban J connectivity index is 4.16. The van der Waals surface area contributed by atoms with Gasteiger partial charge in [0, 0.05) is 12.8 Å². The largest absolute Gasteiger partial charge is 0.545 e. The number of esters is 2. The van der Waals surface area contributed by atoms with Crippen LogP contribution in [0.4, 0.5) is 0 Å². The first kappa shape index (κ1) is 79.9. The van der Waals surface area contributed by atoms with Gasteiger partial charge in [-0.3, -0.25) is 9.59 Å². The first-order chi connectivity index (χ1) is 41.6. The Hall–Kier alpha value is -5.09. The van der Waals surface area contributed by atoms with Crippen LogP contribution in [0.2, 0.25) is 0 Å². The molecule has 0 saturated carbocycles. The average molecular weight is 1180 g/mol. The van der Waals surface area contributed by atoms with E-state index in [0.29, 0.717) is 23.9 Å². The van der Waals surface area contributed by atoms with E-state index in [1.165, 1.54) is 70.6 Å². The van der Waals surface area contributed by atoms with Crippen LogP contribution in [0.15, 0.2) is 158 Å². The molecule has 9 nitrogen and oxygen atoms in total. The van der Waals surface area contributed by atoms with E-state index < -0.39 is 24.3 Å². The lowest BCUT2D eigenvalue weighted by atomic mass is 10.0.